The summed E-state index contributed by atoms with van der Waals surface area (Å²) >= 11 is 0. The zero-order valence-electron chi connectivity index (χ0n) is 18.5. The smallest absolute Gasteiger partial charge is 0.339 e. The van der Waals surface area contributed by atoms with E-state index in [1.54, 1.807) is 30.5 Å². The molecule has 4 rings (SSSR count). The van der Waals surface area contributed by atoms with Crippen molar-refractivity contribution in [1.82, 2.24) is 4.98 Å². The molecule has 1 atom stereocenters. The maximum Gasteiger partial charge on any atom is 0.339 e. The number of carbonyl (C=O) groups excluding carboxylic acids is 2. The third-order valence-electron chi connectivity index (χ3n) is 5.32. The monoisotopic (exact) mass is 445 g/mol. The van der Waals surface area contributed by atoms with Crippen LogP contribution in [-0.4, -0.2) is 38.1 Å². The van der Waals surface area contributed by atoms with Gasteiger partial charge in [0.1, 0.15) is 0 Å². The molecule has 0 aliphatic rings. The van der Waals surface area contributed by atoms with E-state index < -0.39 is 12.1 Å². The Morgan fingerprint density at radius 3 is 2.09 bits per heavy atom. The minimum atomic E-state index is -1.14. The summed E-state index contributed by atoms with van der Waals surface area (Å²) in [6.45, 7) is 0. The Kier molecular flexibility index (Phi) is 6.31. The highest BCUT2D eigenvalue weighted by molar-refractivity contribution is 6.11. The van der Waals surface area contributed by atoms with E-state index in [0.717, 1.165) is 10.9 Å². The number of fused-ring (bicyclic) bond motifs is 1. The molecule has 168 valence electrons. The summed E-state index contributed by atoms with van der Waals surface area (Å²) < 4.78 is 21.7. The van der Waals surface area contributed by atoms with Crippen LogP contribution in [0.5, 0.6) is 17.2 Å². The molecule has 0 spiro atoms. The molecule has 1 heterocycles. The summed E-state index contributed by atoms with van der Waals surface area (Å²) in [6.07, 6.45) is 0.493. The van der Waals surface area contributed by atoms with Crippen LogP contribution in [0.25, 0.3) is 10.9 Å². The van der Waals surface area contributed by atoms with Crippen molar-refractivity contribution in [1.29, 1.82) is 0 Å². The molecule has 1 N–H and O–H groups in total. The quantitative estimate of drug-likeness (QED) is 0.304. The van der Waals surface area contributed by atoms with Gasteiger partial charge in [0.25, 0.3) is 0 Å². The maximum atomic E-state index is 13.6. The van der Waals surface area contributed by atoms with Gasteiger partial charge in [-0.05, 0) is 18.2 Å². The molecule has 7 heteroatoms. The second kappa shape index (κ2) is 9.48. The predicted molar refractivity (Wildman–Crippen MR) is 123 cm³/mol. The number of rotatable bonds is 8. The van der Waals surface area contributed by atoms with Gasteiger partial charge < -0.3 is 23.9 Å². The van der Waals surface area contributed by atoms with Crippen LogP contribution in [0.3, 0.4) is 0 Å². The third kappa shape index (κ3) is 4.25. The number of hydrogen-bond donors (Lipinski definition) is 1. The standard InChI is InChI=1S/C26H23NO6/c1-30-21-13-17(14-22(31-2)25(21)32-3)26(29)33-24(16-9-5-4-6-10-16)23(28)19-15-27-20-12-8-7-11-18(19)20/h4-15,24,27H,1-3H3. The largest absolute Gasteiger partial charge is 0.493 e. The average molecular weight is 445 g/mol. The SMILES string of the molecule is COc1cc(C(=O)OC(C(=O)c2c[nH]c3ccccc23)c2ccccc2)cc(OC)c1OC. The fraction of sp³-hybridized carbons (Fsp3) is 0.154. The lowest BCUT2D eigenvalue weighted by Crippen LogP contribution is -2.20. The first-order valence-corrected chi connectivity index (χ1v) is 10.2. The Morgan fingerprint density at radius 2 is 1.45 bits per heavy atom. The molecule has 0 saturated heterocycles. The number of H-pyrrole nitrogens is 1. The van der Waals surface area contributed by atoms with Crippen molar-refractivity contribution in [2.45, 2.75) is 6.10 Å². The van der Waals surface area contributed by atoms with Gasteiger partial charge in [-0.25, -0.2) is 4.79 Å². The number of methoxy groups -OCH3 is 3. The Bertz CT molecular complexity index is 1270. The molecule has 4 aromatic rings. The molecule has 0 radical (unpaired) electrons. The van der Waals surface area contributed by atoms with Crippen molar-refractivity contribution in [3.63, 3.8) is 0 Å². The number of nitrogens with one attached hydrogen (secondary N) is 1. The van der Waals surface area contributed by atoms with Crippen LogP contribution in [0.1, 0.15) is 32.4 Å². The maximum absolute atomic E-state index is 13.6. The number of aromatic nitrogens is 1. The first-order chi connectivity index (χ1) is 16.1. The highest BCUT2D eigenvalue weighted by atomic mass is 16.5. The normalized spacial score (nSPS) is 11.6. The second-order valence-electron chi connectivity index (χ2n) is 7.22. The highest BCUT2D eigenvalue weighted by Gasteiger charge is 2.29. The van der Waals surface area contributed by atoms with Crippen LogP contribution >= 0.6 is 0 Å². The van der Waals surface area contributed by atoms with Crippen molar-refractivity contribution in [3.05, 3.63) is 89.6 Å². The van der Waals surface area contributed by atoms with Crippen LogP contribution < -0.4 is 14.2 Å². The Labute approximate surface area is 190 Å². The van der Waals surface area contributed by atoms with Crippen molar-refractivity contribution < 1.29 is 28.5 Å². The Morgan fingerprint density at radius 1 is 0.818 bits per heavy atom. The van der Waals surface area contributed by atoms with Crippen LogP contribution in [-0.2, 0) is 4.74 Å². The number of aromatic amines is 1. The first-order valence-electron chi connectivity index (χ1n) is 10.2. The summed E-state index contributed by atoms with van der Waals surface area (Å²) in [5, 5.41) is 0.757. The molecule has 1 unspecified atom stereocenters. The number of ketones is 1. The fourth-order valence-corrected chi connectivity index (χ4v) is 3.69. The molecule has 7 nitrogen and oxygen atoms in total. The molecule has 0 amide bonds. The van der Waals surface area contributed by atoms with Crippen LogP contribution in [0, 0.1) is 0 Å². The van der Waals surface area contributed by atoms with Gasteiger partial charge >= 0.3 is 5.97 Å². The summed E-state index contributed by atoms with van der Waals surface area (Å²) in [7, 11) is 4.39. The minimum absolute atomic E-state index is 0.164. The topological polar surface area (TPSA) is 86.9 Å². The van der Waals surface area contributed by atoms with E-state index in [-0.39, 0.29) is 11.3 Å². The molecule has 1 aromatic heterocycles. The third-order valence-corrected chi connectivity index (χ3v) is 5.32. The summed E-state index contributed by atoms with van der Waals surface area (Å²) in [5.41, 5.74) is 1.99. The zero-order valence-corrected chi connectivity index (χ0v) is 18.5. The number of hydrogen-bond acceptors (Lipinski definition) is 6. The van der Waals surface area contributed by atoms with Crippen LogP contribution in [0.2, 0.25) is 0 Å². The number of ether oxygens (including phenoxy) is 4. The lowest BCUT2D eigenvalue weighted by Gasteiger charge is -2.18. The molecular formula is C26H23NO6. The van der Waals surface area contributed by atoms with Gasteiger partial charge in [-0.15, -0.1) is 0 Å². The lowest BCUT2D eigenvalue weighted by molar-refractivity contribution is 0.0280. The van der Waals surface area contributed by atoms with E-state index >= 15 is 0 Å². The number of carbonyl (C=O) groups is 2. The van der Waals surface area contributed by atoms with E-state index in [1.807, 2.05) is 30.3 Å². The van der Waals surface area contributed by atoms with Gasteiger partial charge in [-0.3, -0.25) is 4.79 Å². The second-order valence-corrected chi connectivity index (χ2v) is 7.22. The molecule has 33 heavy (non-hydrogen) atoms. The molecule has 0 aliphatic carbocycles. The zero-order chi connectivity index (χ0) is 23.4. The van der Waals surface area contributed by atoms with Crippen molar-refractivity contribution >= 4 is 22.7 Å². The van der Waals surface area contributed by atoms with Crippen LogP contribution in [0.15, 0.2) is 72.9 Å². The van der Waals surface area contributed by atoms with Gasteiger partial charge in [0, 0.05) is 28.2 Å². The van der Waals surface area contributed by atoms with E-state index in [0.29, 0.717) is 28.4 Å². The summed E-state index contributed by atoms with van der Waals surface area (Å²) in [5.74, 6) is -0.0622. The van der Waals surface area contributed by atoms with Gasteiger partial charge in [0.05, 0.1) is 26.9 Å². The number of benzene rings is 3. The minimum Gasteiger partial charge on any atom is -0.493 e. The average Bonchev–Trinajstić information content (AvgIpc) is 3.30. The highest BCUT2D eigenvalue weighted by Crippen LogP contribution is 2.39. The van der Waals surface area contributed by atoms with Crippen molar-refractivity contribution in [2.24, 2.45) is 0 Å². The van der Waals surface area contributed by atoms with E-state index in [4.69, 9.17) is 18.9 Å². The van der Waals surface area contributed by atoms with Gasteiger partial charge in [0.2, 0.25) is 11.5 Å². The van der Waals surface area contributed by atoms with E-state index in [1.165, 1.54) is 33.5 Å². The molecule has 3 aromatic carbocycles. The predicted octanol–water partition coefficient (Wildman–Crippen LogP) is 4.97. The van der Waals surface area contributed by atoms with Gasteiger partial charge in [-0.1, -0.05) is 48.5 Å². The summed E-state index contributed by atoms with van der Waals surface area (Å²) in [4.78, 5) is 29.8. The summed E-state index contributed by atoms with van der Waals surface area (Å²) in [6, 6.07) is 19.4. The number of esters is 1. The van der Waals surface area contributed by atoms with Gasteiger partial charge in [-0.2, -0.15) is 0 Å². The van der Waals surface area contributed by atoms with E-state index in [9.17, 15) is 9.59 Å². The molecular weight excluding hydrogens is 422 g/mol. The van der Waals surface area contributed by atoms with Crippen molar-refractivity contribution in [2.75, 3.05) is 21.3 Å². The lowest BCUT2D eigenvalue weighted by atomic mass is 9.99. The molecule has 0 saturated carbocycles. The molecule has 0 aliphatic heterocycles. The van der Waals surface area contributed by atoms with E-state index in [2.05, 4.69) is 4.98 Å². The van der Waals surface area contributed by atoms with Crippen LogP contribution in [0.4, 0.5) is 0 Å². The van der Waals surface area contributed by atoms with Gasteiger partial charge in [0.15, 0.2) is 17.6 Å². The van der Waals surface area contributed by atoms with Crippen molar-refractivity contribution in [3.8, 4) is 17.2 Å². The first kappa shape index (κ1) is 22.0. The number of para-hydroxylation sites is 1. The number of Topliss-reactive ketones (excluding diaryl/α,β-unsaturated/α-hetero) is 1. The molecule has 0 fully saturated rings. The Hall–Kier alpha value is -4.26. The Balaban J connectivity index is 1.73. The molecule has 0 bridgehead atoms. The fourth-order valence-electron chi connectivity index (χ4n) is 3.69.